The summed E-state index contributed by atoms with van der Waals surface area (Å²) in [5.74, 6) is 0.0704. The van der Waals surface area contributed by atoms with Crippen LogP contribution in [0.15, 0.2) is 23.1 Å². The van der Waals surface area contributed by atoms with Crippen LogP contribution in [0.25, 0.3) is 0 Å². The van der Waals surface area contributed by atoms with Crippen LogP contribution in [0.3, 0.4) is 0 Å². The molecule has 80 valence electrons. The fraction of sp³-hybridized carbons (Fsp3) is 0.364. The number of benzene rings is 1. The van der Waals surface area contributed by atoms with E-state index in [1.54, 1.807) is 11.8 Å². The predicted octanol–water partition coefficient (Wildman–Crippen LogP) is 2.14. The number of anilines is 1. The van der Waals surface area contributed by atoms with E-state index in [1.165, 1.54) is 0 Å². The number of thioether (sulfide) groups is 1. The van der Waals surface area contributed by atoms with Crippen LogP contribution in [0.4, 0.5) is 5.69 Å². The van der Waals surface area contributed by atoms with E-state index in [-0.39, 0.29) is 17.2 Å². The quantitative estimate of drug-likeness (QED) is 0.765. The van der Waals surface area contributed by atoms with Crippen molar-refractivity contribution in [2.75, 3.05) is 5.32 Å². The Morgan fingerprint density at radius 2 is 2.27 bits per heavy atom. The lowest BCUT2D eigenvalue weighted by Crippen LogP contribution is -2.26. The first-order valence-electron chi connectivity index (χ1n) is 4.95. The van der Waals surface area contributed by atoms with Crippen molar-refractivity contribution in [2.45, 2.75) is 30.0 Å². The zero-order valence-corrected chi connectivity index (χ0v) is 9.60. The SMILES string of the molecule is CC1Sc2cc(C(C)N)ccc2NC1=O. The highest BCUT2D eigenvalue weighted by Gasteiger charge is 2.23. The first-order chi connectivity index (χ1) is 7.08. The summed E-state index contributed by atoms with van der Waals surface area (Å²) in [5, 5.41) is 2.85. The molecule has 0 radical (unpaired) electrons. The summed E-state index contributed by atoms with van der Waals surface area (Å²) < 4.78 is 0. The average molecular weight is 222 g/mol. The molecule has 1 aromatic rings. The van der Waals surface area contributed by atoms with Crippen LogP contribution in [-0.4, -0.2) is 11.2 Å². The van der Waals surface area contributed by atoms with Crippen molar-refractivity contribution in [3.05, 3.63) is 23.8 Å². The second-order valence-corrected chi connectivity index (χ2v) is 5.18. The normalized spacial score (nSPS) is 21.8. The van der Waals surface area contributed by atoms with E-state index in [0.29, 0.717) is 0 Å². The van der Waals surface area contributed by atoms with Crippen LogP contribution in [0, 0.1) is 0 Å². The highest BCUT2D eigenvalue weighted by molar-refractivity contribution is 8.00. The monoisotopic (exact) mass is 222 g/mol. The van der Waals surface area contributed by atoms with E-state index in [2.05, 4.69) is 11.4 Å². The van der Waals surface area contributed by atoms with Crippen molar-refractivity contribution in [1.82, 2.24) is 0 Å². The minimum Gasteiger partial charge on any atom is -0.324 e. The molecule has 1 heterocycles. The molecular weight excluding hydrogens is 208 g/mol. The molecule has 0 bridgehead atoms. The molecule has 1 amide bonds. The number of carbonyl (C=O) groups is 1. The van der Waals surface area contributed by atoms with Gasteiger partial charge in [-0.3, -0.25) is 4.79 Å². The molecule has 0 saturated heterocycles. The summed E-state index contributed by atoms with van der Waals surface area (Å²) >= 11 is 1.58. The van der Waals surface area contributed by atoms with Gasteiger partial charge in [-0.1, -0.05) is 6.07 Å². The Morgan fingerprint density at radius 1 is 1.53 bits per heavy atom. The number of fused-ring (bicyclic) bond motifs is 1. The van der Waals surface area contributed by atoms with Gasteiger partial charge in [0.05, 0.1) is 10.9 Å². The number of hydrogen-bond acceptors (Lipinski definition) is 3. The second-order valence-electron chi connectivity index (χ2n) is 3.79. The largest absolute Gasteiger partial charge is 0.324 e. The molecule has 1 aliphatic heterocycles. The average Bonchev–Trinajstić information content (AvgIpc) is 2.19. The van der Waals surface area contributed by atoms with E-state index < -0.39 is 0 Å². The minimum atomic E-state index is -0.0270. The smallest absolute Gasteiger partial charge is 0.237 e. The predicted molar refractivity (Wildman–Crippen MR) is 63.0 cm³/mol. The van der Waals surface area contributed by atoms with Crippen molar-refractivity contribution >= 4 is 23.4 Å². The maximum Gasteiger partial charge on any atom is 0.237 e. The Kier molecular flexibility index (Phi) is 2.71. The van der Waals surface area contributed by atoms with E-state index in [9.17, 15) is 4.79 Å². The Hall–Kier alpha value is -1.00. The lowest BCUT2D eigenvalue weighted by atomic mass is 10.1. The number of nitrogens with one attached hydrogen (secondary N) is 1. The van der Waals surface area contributed by atoms with Gasteiger partial charge in [-0.05, 0) is 31.5 Å². The molecule has 2 atom stereocenters. The van der Waals surface area contributed by atoms with Crippen molar-refractivity contribution in [2.24, 2.45) is 5.73 Å². The standard InChI is InChI=1S/C11H14N2OS/c1-6(12)8-3-4-9-10(5-8)15-7(2)11(14)13-9/h3-7H,12H2,1-2H3,(H,13,14). The third kappa shape index (κ3) is 2.01. The molecule has 2 unspecified atom stereocenters. The van der Waals surface area contributed by atoms with Gasteiger partial charge in [0.25, 0.3) is 0 Å². The number of rotatable bonds is 1. The highest BCUT2D eigenvalue weighted by atomic mass is 32.2. The highest BCUT2D eigenvalue weighted by Crippen LogP contribution is 2.36. The topological polar surface area (TPSA) is 55.1 Å². The molecule has 1 aliphatic rings. The Morgan fingerprint density at radius 3 is 2.93 bits per heavy atom. The number of hydrogen-bond donors (Lipinski definition) is 2. The Balaban J connectivity index is 2.37. The van der Waals surface area contributed by atoms with E-state index in [4.69, 9.17) is 5.73 Å². The van der Waals surface area contributed by atoms with Gasteiger partial charge in [-0.2, -0.15) is 0 Å². The molecule has 3 N–H and O–H groups in total. The summed E-state index contributed by atoms with van der Waals surface area (Å²) in [6.45, 7) is 3.86. The summed E-state index contributed by atoms with van der Waals surface area (Å²) in [4.78, 5) is 12.5. The van der Waals surface area contributed by atoms with Crippen molar-refractivity contribution in [1.29, 1.82) is 0 Å². The molecule has 15 heavy (non-hydrogen) atoms. The van der Waals surface area contributed by atoms with Crippen molar-refractivity contribution in [3.63, 3.8) is 0 Å². The van der Waals surface area contributed by atoms with Gasteiger partial charge in [-0.15, -0.1) is 11.8 Å². The van der Waals surface area contributed by atoms with Gasteiger partial charge >= 0.3 is 0 Å². The summed E-state index contributed by atoms with van der Waals surface area (Å²) in [5.41, 5.74) is 7.81. The first kappa shape index (κ1) is 10.5. The molecule has 0 saturated carbocycles. The zero-order chi connectivity index (χ0) is 11.0. The van der Waals surface area contributed by atoms with Crippen LogP contribution in [-0.2, 0) is 4.79 Å². The zero-order valence-electron chi connectivity index (χ0n) is 8.78. The second kappa shape index (κ2) is 3.87. The molecule has 0 fully saturated rings. The van der Waals surface area contributed by atoms with E-state index in [1.807, 2.05) is 26.0 Å². The third-order valence-electron chi connectivity index (χ3n) is 2.46. The molecule has 0 aliphatic carbocycles. The van der Waals surface area contributed by atoms with Gasteiger partial charge in [0.15, 0.2) is 0 Å². The van der Waals surface area contributed by atoms with Crippen LogP contribution >= 0.6 is 11.8 Å². The van der Waals surface area contributed by atoms with Crippen LogP contribution in [0.1, 0.15) is 25.5 Å². The van der Waals surface area contributed by atoms with E-state index >= 15 is 0 Å². The van der Waals surface area contributed by atoms with Gasteiger partial charge in [0.2, 0.25) is 5.91 Å². The molecule has 0 spiro atoms. The van der Waals surface area contributed by atoms with E-state index in [0.717, 1.165) is 16.1 Å². The number of nitrogens with two attached hydrogens (primary N) is 1. The van der Waals surface area contributed by atoms with Gasteiger partial charge in [0.1, 0.15) is 0 Å². The van der Waals surface area contributed by atoms with Crippen LogP contribution in [0.5, 0.6) is 0 Å². The fourth-order valence-electron chi connectivity index (χ4n) is 1.50. The summed E-state index contributed by atoms with van der Waals surface area (Å²) in [6, 6.07) is 5.97. The van der Waals surface area contributed by atoms with Crippen LogP contribution < -0.4 is 11.1 Å². The molecule has 1 aromatic carbocycles. The molecule has 4 heteroatoms. The molecule has 3 nitrogen and oxygen atoms in total. The maximum absolute atomic E-state index is 11.4. The fourth-order valence-corrected chi connectivity index (χ4v) is 2.50. The lowest BCUT2D eigenvalue weighted by molar-refractivity contribution is -0.115. The number of carbonyl (C=O) groups excluding carboxylic acids is 1. The lowest BCUT2D eigenvalue weighted by Gasteiger charge is -2.22. The summed E-state index contributed by atoms with van der Waals surface area (Å²) in [6.07, 6.45) is 0. The molecule has 0 aromatic heterocycles. The minimum absolute atomic E-state index is 0.0270. The molecule has 2 rings (SSSR count). The Bertz CT molecular complexity index is 404. The maximum atomic E-state index is 11.4. The van der Waals surface area contributed by atoms with Gasteiger partial charge in [-0.25, -0.2) is 0 Å². The Labute approximate surface area is 93.4 Å². The van der Waals surface area contributed by atoms with Crippen molar-refractivity contribution < 1.29 is 4.79 Å². The van der Waals surface area contributed by atoms with Crippen molar-refractivity contribution in [3.8, 4) is 0 Å². The number of amides is 1. The molecular formula is C11H14N2OS. The first-order valence-corrected chi connectivity index (χ1v) is 5.83. The van der Waals surface area contributed by atoms with Gasteiger partial charge in [0, 0.05) is 10.9 Å². The van der Waals surface area contributed by atoms with Crippen LogP contribution in [0.2, 0.25) is 0 Å². The summed E-state index contributed by atoms with van der Waals surface area (Å²) in [7, 11) is 0. The van der Waals surface area contributed by atoms with Gasteiger partial charge < -0.3 is 11.1 Å². The third-order valence-corrected chi connectivity index (χ3v) is 3.62.